The van der Waals surface area contributed by atoms with Crippen LogP contribution in [0.5, 0.6) is 0 Å². The van der Waals surface area contributed by atoms with E-state index in [4.69, 9.17) is 0 Å². The second-order valence-electron chi connectivity index (χ2n) is 4.55. The van der Waals surface area contributed by atoms with Crippen molar-refractivity contribution in [3.05, 3.63) is 36.3 Å². The quantitative estimate of drug-likeness (QED) is 0.878. The van der Waals surface area contributed by atoms with Gasteiger partial charge in [0, 0.05) is 19.3 Å². The topological polar surface area (TPSA) is 53.9 Å². The highest BCUT2D eigenvalue weighted by molar-refractivity contribution is 5.55. The molecule has 0 saturated carbocycles. The lowest BCUT2D eigenvalue weighted by molar-refractivity contribution is 0.628. The summed E-state index contributed by atoms with van der Waals surface area (Å²) in [7, 11) is 1.94. The lowest BCUT2D eigenvalue weighted by atomic mass is 10.3. The third-order valence-corrected chi connectivity index (χ3v) is 2.85. The van der Waals surface area contributed by atoms with Crippen molar-refractivity contribution in [2.24, 2.45) is 0 Å². The monoisotopic (exact) mass is 275 g/mol. The summed E-state index contributed by atoms with van der Waals surface area (Å²) in [6, 6.07) is 6.09. The van der Waals surface area contributed by atoms with Gasteiger partial charge in [0.2, 0.25) is 5.95 Å². The molecule has 0 fully saturated rings. The second-order valence-corrected chi connectivity index (χ2v) is 4.55. The molecule has 2 aromatic rings. The van der Waals surface area contributed by atoms with Crippen molar-refractivity contribution in [3.8, 4) is 0 Å². The molecule has 0 unspecified atom stereocenters. The maximum absolute atomic E-state index is 12.8. The minimum absolute atomic E-state index is 0.267. The van der Waals surface area contributed by atoms with Crippen LogP contribution in [0.3, 0.4) is 0 Å². The van der Waals surface area contributed by atoms with E-state index in [0.29, 0.717) is 11.8 Å². The minimum Gasteiger partial charge on any atom is -0.343 e. The Morgan fingerprint density at radius 3 is 2.70 bits per heavy atom. The highest BCUT2D eigenvalue weighted by Gasteiger charge is 2.06. The Morgan fingerprint density at radius 1 is 1.25 bits per heavy atom. The van der Waals surface area contributed by atoms with Gasteiger partial charge in [0.05, 0.1) is 6.20 Å². The van der Waals surface area contributed by atoms with Gasteiger partial charge < -0.3 is 10.2 Å². The Labute approximate surface area is 117 Å². The smallest absolute Gasteiger partial charge is 0.247 e. The van der Waals surface area contributed by atoms with E-state index in [2.05, 4.69) is 27.4 Å². The Kier molecular flexibility index (Phi) is 4.81. The van der Waals surface area contributed by atoms with Crippen molar-refractivity contribution in [3.63, 3.8) is 0 Å². The van der Waals surface area contributed by atoms with Gasteiger partial charge in [-0.2, -0.15) is 10.1 Å². The van der Waals surface area contributed by atoms with E-state index in [1.54, 1.807) is 18.3 Å². The van der Waals surface area contributed by atoms with E-state index in [1.807, 2.05) is 11.9 Å². The van der Waals surface area contributed by atoms with Crippen LogP contribution in [0.1, 0.15) is 19.8 Å². The first-order valence-electron chi connectivity index (χ1n) is 6.62. The van der Waals surface area contributed by atoms with Crippen LogP contribution in [0, 0.1) is 5.82 Å². The van der Waals surface area contributed by atoms with Gasteiger partial charge in [0.25, 0.3) is 0 Å². The molecule has 0 aliphatic rings. The Morgan fingerprint density at radius 2 is 2.00 bits per heavy atom. The summed E-state index contributed by atoms with van der Waals surface area (Å²) in [4.78, 5) is 6.36. The van der Waals surface area contributed by atoms with Gasteiger partial charge in [-0.3, -0.25) is 0 Å². The zero-order valence-electron chi connectivity index (χ0n) is 11.7. The number of anilines is 3. The number of hydrogen-bond donors (Lipinski definition) is 1. The molecule has 6 heteroatoms. The van der Waals surface area contributed by atoms with Crippen LogP contribution in [-0.4, -0.2) is 28.8 Å². The minimum atomic E-state index is -0.267. The molecule has 106 valence electrons. The van der Waals surface area contributed by atoms with Gasteiger partial charge in [-0.25, -0.2) is 4.39 Å². The van der Waals surface area contributed by atoms with Crippen LogP contribution >= 0.6 is 0 Å². The molecule has 0 saturated heterocycles. The van der Waals surface area contributed by atoms with Gasteiger partial charge in [-0.15, -0.1) is 5.10 Å². The summed E-state index contributed by atoms with van der Waals surface area (Å²) in [5.41, 5.74) is 0.758. The van der Waals surface area contributed by atoms with Crippen LogP contribution in [0.2, 0.25) is 0 Å². The first-order valence-corrected chi connectivity index (χ1v) is 6.62. The van der Waals surface area contributed by atoms with Gasteiger partial charge in [-0.1, -0.05) is 13.3 Å². The summed E-state index contributed by atoms with van der Waals surface area (Å²) in [5.74, 6) is 0.895. The van der Waals surface area contributed by atoms with E-state index < -0.39 is 0 Å². The molecule has 20 heavy (non-hydrogen) atoms. The van der Waals surface area contributed by atoms with Crippen molar-refractivity contribution in [1.82, 2.24) is 15.2 Å². The number of halogens is 1. The van der Waals surface area contributed by atoms with Crippen molar-refractivity contribution in [1.29, 1.82) is 0 Å². The molecule has 1 N–H and O–H groups in total. The molecule has 0 radical (unpaired) electrons. The third kappa shape index (κ3) is 3.88. The van der Waals surface area contributed by atoms with Crippen LogP contribution in [0.15, 0.2) is 30.5 Å². The summed E-state index contributed by atoms with van der Waals surface area (Å²) in [6.45, 7) is 3.03. The molecule has 0 amide bonds. The number of benzene rings is 1. The van der Waals surface area contributed by atoms with E-state index in [-0.39, 0.29) is 5.82 Å². The van der Waals surface area contributed by atoms with Crippen molar-refractivity contribution in [2.45, 2.75) is 19.8 Å². The second kappa shape index (κ2) is 6.79. The van der Waals surface area contributed by atoms with Gasteiger partial charge in [0.15, 0.2) is 5.82 Å². The fourth-order valence-corrected chi connectivity index (χ4v) is 1.69. The summed E-state index contributed by atoms with van der Waals surface area (Å²) >= 11 is 0. The highest BCUT2D eigenvalue weighted by atomic mass is 19.1. The highest BCUT2D eigenvalue weighted by Crippen LogP contribution is 2.15. The molecule has 0 atom stereocenters. The van der Waals surface area contributed by atoms with E-state index in [0.717, 1.165) is 25.1 Å². The van der Waals surface area contributed by atoms with Crippen molar-refractivity contribution in [2.75, 3.05) is 23.8 Å². The Bertz CT molecular complexity index is 544. The summed E-state index contributed by atoms with van der Waals surface area (Å²) < 4.78 is 12.8. The first-order chi connectivity index (χ1) is 9.69. The predicted octanol–water partition coefficient (Wildman–Crippen LogP) is 2.99. The molecule has 0 aliphatic carbocycles. The molecule has 1 aromatic heterocycles. The van der Waals surface area contributed by atoms with Gasteiger partial charge >= 0.3 is 0 Å². The number of aromatic nitrogens is 3. The molecule has 0 spiro atoms. The number of hydrogen-bond acceptors (Lipinski definition) is 5. The number of nitrogens with zero attached hydrogens (tertiary/aromatic N) is 4. The van der Waals surface area contributed by atoms with E-state index in [9.17, 15) is 4.39 Å². The molecule has 1 aromatic carbocycles. The molecular weight excluding hydrogens is 257 g/mol. The lowest BCUT2D eigenvalue weighted by Crippen LogP contribution is -2.21. The molecular formula is C14H18FN5. The summed E-state index contributed by atoms with van der Waals surface area (Å²) in [5, 5.41) is 11.0. The average Bonchev–Trinajstić information content (AvgIpc) is 2.47. The fourth-order valence-electron chi connectivity index (χ4n) is 1.69. The maximum Gasteiger partial charge on any atom is 0.247 e. The lowest BCUT2D eigenvalue weighted by Gasteiger charge is -2.16. The normalized spacial score (nSPS) is 10.3. The maximum atomic E-state index is 12.8. The number of nitrogens with one attached hydrogen (secondary N) is 1. The Hall–Kier alpha value is -2.24. The third-order valence-electron chi connectivity index (χ3n) is 2.85. The standard InChI is InChI=1S/C14H18FN5/c1-3-4-9-20(2)14-18-13(10-16-19-14)17-12-7-5-11(15)6-8-12/h5-8,10H,3-4,9H2,1-2H3,(H,17,18,19). The zero-order valence-corrected chi connectivity index (χ0v) is 11.7. The Balaban J connectivity index is 2.07. The predicted molar refractivity (Wildman–Crippen MR) is 77.7 cm³/mol. The zero-order chi connectivity index (χ0) is 14.4. The SMILES string of the molecule is CCCCN(C)c1nncc(Nc2ccc(F)cc2)n1. The van der Waals surface area contributed by atoms with Crippen molar-refractivity contribution < 1.29 is 4.39 Å². The van der Waals surface area contributed by atoms with Crippen molar-refractivity contribution >= 4 is 17.5 Å². The van der Waals surface area contributed by atoms with Crippen LogP contribution in [0.4, 0.5) is 21.8 Å². The van der Waals surface area contributed by atoms with Gasteiger partial charge in [0.1, 0.15) is 5.82 Å². The van der Waals surface area contributed by atoms with Crippen LogP contribution in [0.25, 0.3) is 0 Å². The fraction of sp³-hybridized carbons (Fsp3) is 0.357. The number of unbranched alkanes of at least 4 members (excludes halogenated alkanes) is 1. The molecule has 0 aliphatic heterocycles. The van der Waals surface area contributed by atoms with Gasteiger partial charge in [-0.05, 0) is 30.7 Å². The van der Waals surface area contributed by atoms with Crippen LogP contribution in [-0.2, 0) is 0 Å². The first kappa shape index (κ1) is 14.2. The molecule has 5 nitrogen and oxygen atoms in total. The molecule has 1 heterocycles. The average molecular weight is 275 g/mol. The largest absolute Gasteiger partial charge is 0.343 e. The molecule has 2 rings (SSSR count). The molecule has 0 bridgehead atoms. The number of rotatable bonds is 6. The summed E-state index contributed by atoms with van der Waals surface area (Å²) in [6.07, 6.45) is 3.74. The van der Waals surface area contributed by atoms with E-state index in [1.165, 1.54) is 12.1 Å². The van der Waals surface area contributed by atoms with Crippen LogP contribution < -0.4 is 10.2 Å². The van der Waals surface area contributed by atoms with E-state index >= 15 is 0 Å².